The average molecular weight is 226 g/mol. The Hall–Kier alpha value is 0.177. The van der Waals surface area contributed by atoms with Crippen LogP contribution in [0.15, 0.2) is 0 Å². The molecule has 2 fully saturated rings. The molecule has 1 saturated heterocycles. The van der Waals surface area contributed by atoms with Gasteiger partial charge in [-0.15, -0.1) is 0 Å². The third kappa shape index (κ3) is 2.31. The summed E-state index contributed by atoms with van der Waals surface area (Å²) in [7, 11) is -1.32. The molecule has 0 aromatic heterocycles. The SMILES string of the molecule is C[C@@H]1C[C@@H](C)[C@H]2[C@@H](C)C[Si](C)(C)O[C@@H]2C1. The van der Waals surface area contributed by atoms with E-state index < -0.39 is 8.32 Å². The molecular weight excluding hydrogens is 200 g/mol. The van der Waals surface area contributed by atoms with Crippen molar-refractivity contribution in [1.82, 2.24) is 0 Å². The normalized spacial score (nSPS) is 49.8. The van der Waals surface area contributed by atoms with Crippen LogP contribution in [0.25, 0.3) is 0 Å². The summed E-state index contributed by atoms with van der Waals surface area (Å²) < 4.78 is 6.43. The molecule has 0 radical (unpaired) electrons. The summed E-state index contributed by atoms with van der Waals surface area (Å²) in [4.78, 5) is 0. The third-order valence-corrected chi connectivity index (χ3v) is 7.00. The second-order valence-corrected chi connectivity index (χ2v) is 10.9. The van der Waals surface area contributed by atoms with Crippen LogP contribution in [0, 0.1) is 23.7 Å². The highest BCUT2D eigenvalue weighted by atomic mass is 28.4. The number of fused-ring (bicyclic) bond motifs is 1. The first kappa shape index (κ1) is 11.7. The molecule has 2 heteroatoms. The predicted molar refractivity (Wildman–Crippen MR) is 67.4 cm³/mol. The summed E-state index contributed by atoms with van der Waals surface area (Å²) in [5.41, 5.74) is 0. The van der Waals surface area contributed by atoms with Gasteiger partial charge in [0.1, 0.15) is 0 Å². The third-order valence-electron chi connectivity index (χ3n) is 4.44. The van der Waals surface area contributed by atoms with Crippen LogP contribution in [-0.2, 0) is 4.43 Å². The van der Waals surface area contributed by atoms with Crippen LogP contribution in [0.4, 0.5) is 0 Å². The molecule has 0 unspecified atom stereocenters. The Morgan fingerprint density at radius 1 is 1.00 bits per heavy atom. The zero-order valence-electron chi connectivity index (χ0n) is 10.9. The van der Waals surface area contributed by atoms with Crippen LogP contribution in [0.5, 0.6) is 0 Å². The lowest BCUT2D eigenvalue weighted by atomic mass is 9.69. The lowest BCUT2D eigenvalue weighted by molar-refractivity contribution is -0.0153. The van der Waals surface area contributed by atoms with Crippen molar-refractivity contribution in [3.63, 3.8) is 0 Å². The smallest absolute Gasteiger partial charge is 0.187 e. The fraction of sp³-hybridized carbons (Fsp3) is 1.00. The van der Waals surface area contributed by atoms with Crippen LogP contribution >= 0.6 is 0 Å². The first-order chi connectivity index (χ1) is 6.89. The first-order valence-corrected chi connectivity index (χ1v) is 9.68. The van der Waals surface area contributed by atoms with Crippen molar-refractivity contribution in [3.05, 3.63) is 0 Å². The van der Waals surface area contributed by atoms with Crippen molar-refractivity contribution in [3.8, 4) is 0 Å². The molecule has 1 aliphatic carbocycles. The monoisotopic (exact) mass is 226 g/mol. The van der Waals surface area contributed by atoms with Crippen molar-refractivity contribution in [1.29, 1.82) is 0 Å². The highest BCUT2D eigenvalue weighted by molar-refractivity contribution is 6.71. The molecular formula is C13H26OSi. The van der Waals surface area contributed by atoms with Crippen LogP contribution in [0.1, 0.15) is 33.6 Å². The molecule has 0 N–H and O–H groups in total. The quantitative estimate of drug-likeness (QED) is 0.569. The van der Waals surface area contributed by atoms with Crippen molar-refractivity contribution in [2.24, 2.45) is 23.7 Å². The van der Waals surface area contributed by atoms with Crippen LogP contribution in [-0.4, -0.2) is 14.4 Å². The summed E-state index contributed by atoms with van der Waals surface area (Å²) in [5.74, 6) is 3.49. The zero-order valence-corrected chi connectivity index (χ0v) is 11.9. The second-order valence-electron chi connectivity index (χ2n) is 6.73. The maximum atomic E-state index is 6.43. The highest BCUT2D eigenvalue weighted by Gasteiger charge is 2.46. The van der Waals surface area contributed by atoms with Gasteiger partial charge in [-0.25, -0.2) is 0 Å². The van der Waals surface area contributed by atoms with Gasteiger partial charge < -0.3 is 4.43 Å². The van der Waals surface area contributed by atoms with Crippen molar-refractivity contribution in [2.75, 3.05) is 0 Å². The second kappa shape index (κ2) is 3.88. The zero-order chi connectivity index (χ0) is 11.2. The molecule has 1 heterocycles. The maximum absolute atomic E-state index is 6.43. The van der Waals surface area contributed by atoms with E-state index >= 15 is 0 Å². The van der Waals surface area contributed by atoms with Gasteiger partial charge in [0.15, 0.2) is 8.32 Å². The van der Waals surface area contributed by atoms with Gasteiger partial charge in [0.25, 0.3) is 0 Å². The van der Waals surface area contributed by atoms with Gasteiger partial charge in [-0.05, 0) is 55.7 Å². The first-order valence-electron chi connectivity index (χ1n) is 6.57. The predicted octanol–water partition coefficient (Wildman–Crippen LogP) is 3.91. The molecule has 88 valence electrons. The van der Waals surface area contributed by atoms with E-state index in [1.807, 2.05) is 0 Å². The standard InChI is InChI=1S/C13H26OSi/c1-9-6-10(2)13-11(3)8-15(4,5)14-12(13)7-9/h9-13H,6-8H2,1-5H3/t9-,10-,11+,12-,13+/m1/s1. The van der Waals surface area contributed by atoms with E-state index in [2.05, 4.69) is 33.9 Å². The van der Waals surface area contributed by atoms with E-state index in [1.54, 1.807) is 0 Å². The lowest BCUT2D eigenvalue weighted by Crippen LogP contribution is -2.52. The number of hydrogen-bond acceptors (Lipinski definition) is 1. The number of hydrogen-bond donors (Lipinski definition) is 0. The molecule has 1 nitrogen and oxygen atoms in total. The van der Waals surface area contributed by atoms with Gasteiger partial charge >= 0.3 is 0 Å². The molecule has 0 bridgehead atoms. The largest absolute Gasteiger partial charge is 0.414 e. The molecule has 15 heavy (non-hydrogen) atoms. The Kier molecular flexibility index (Phi) is 3.02. The Balaban J connectivity index is 2.15. The van der Waals surface area contributed by atoms with Crippen LogP contribution in [0.3, 0.4) is 0 Å². The summed E-state index contributed by atoms with van der Waals surface area (Å²) in [6.07, 6.45) is 3.32. The van der Waals surface area contributed by atoms with E-state index in [-0.39, 0.29) is 0 Å². The van der Waals surface area contributed by atoms with Gasteiger partial charge in [0.2, 0.25) is 0 Å². The molecule has 1 saturated carbocycles. The average Bonchev–Trinajstić information content (AvgIpc) is 1.97. The molecule has 5 atom stereocenters. The molecule has 0 aromatic carbocycles. The minimum atomic E-state index is -1.32. The lowest BCUT2D eigenvalue weighted by Gasteiger charge is -2.50. The Morgan fingerprint density at radius 2 is 1.67 bits per heavy atom. The van der Waals surface area contributed by atoms with Gasteiger partial charge in [-0.3, -0.25) is 0 Å². The number of rotatable bonds is 0. The van der Waals surface area contributed by atoms with Gasteiger partial charge in [0, 0.05) is 6.10 Å². The topological polar surface area (TPSA) is 9.23 Å². The molecule has 2 aliphatic rings. The molecule has 0 amide bonds. The van der Waals surface area contributed by atoms with Crippen LogP contribution < -0.4 is 0 Å². The highest BCUT2D eigenvalue weighted by Crippen LogP contribution is 2.46. The molecule has 0 aromatic rings. The summed E-state index contributed by atoms with van der Waals surface area (Å²) >= 11 is 0. The maximum Gasteiger partial charge on any atom is 0.187 e. The summed E-state index contributed by atoms with van der Waals surface area (Å²) in [5, 5.41) is 0. The Bertz CT molecular complexity index is 239. The van der Waals surface area contributed by atoms with Gasteiger partial charge in [0.05, 0.1) is 0 Å². The minimum Gasteiger partial charge on any atom is -0.414 e. The van der Waals surface area contributed by atoms with E-state index in [0.717, 1.165) is 23.7 Å². The van der Waals surface area contributed by atoms with Crippen molar-refractivity contribution < 1.29 is 4.43 Å². The Morgan fingerprint density at radius 3 is 2.33 bits per heavy atom. The van der Waals surface area contributed by atoms with E-state index in [9.17, 15) is 0 Å². The van der Waals surface area contributed by atoms with E-state index in [0.29, 0.717) is 6.10 Å². The van der Waals surface area contributed by atoms with Crippen molar-refractivity contribution in [2.45, 2.75) is 58.9 Å². The van der Waals surface area contributed by atoms with Gasteiger partial charge in [-0.1, -0.05) is 20.8 Å². The summed E-state index contributed by atoms with van der Waals surface area (Å²) in [6.45, 7) is 12.1. The molecule has 0 spiro atoms. The fourth-order valence-electron chi connectivity index (χ4n) is 4.23. The van der Waals surface area contributed by atoms with E-state index in [1.165, 1.54) is 18.9 Å². The summed E-state index contributed by atoms with van der Waals surface area (Å²) in [6, 6.07) is 1.37. The fourth-order valence-corrected chi connectivity index (χ4v) is 7.22. The Labute approximate surface area is 95.7 Å². The molecule has 2 rings (SSSR count). The molecule has 1 aliphatic heterocycles. The van der Waals surface area contributed by atoms with Crippen LogP contribution in [0.2, 0.25) is 19.1 Å². The van der Waals surface area contributed by atoms with Crippen molar-refractivity contribution >= 4 is 8.32 Å². The van der Waals surface area contributed by atoms with Gasteiger partial charge in [-0.2, -0.15) is 0 Å². The minimum absolute atomic E-state index is 0.592. The van der Waals surface area contributed by atoms with E-state index in [4.69, 9.17) is 4.43 Å².